The van der Waals surface area contributed by atoms with E-state index in [-0.39, 0.29) is 35.0 Å². The molecule has 0 radical (unpaired) electrons. The summed E-state index contributed by atoms with van der Waals surface area (Å²) in [5.74, 6) is -4.42. The molecule has 6 nitrogen and oxygen atoms in total. The van der Waals surface area contributed by atoms with Gasteiger partial charge in [-0.2, -0.15) is 5.26 Å². The summed E-state index contributed by atoms with van der Waals surface area (Å²) in [7, 11) is 0. The third kappa shape index (κ3) is 2.76. The minimum Gasteiger partial charge on any atom is -0.463 e. The number of allylic oxidation sites excluding steroid dienone is 2. The van der Waals surface area contributed by atoms with E-state index in [0.717, 1.165) is 6.07 Å². The van der Waals surface area contributed by atoms with Gasteiger partial charge in [0.15, 0.2) is 11.6 Å². The first-order valence-corrected chi connectivity index (χ1v) is 7.02. The molecule has 1 unspecified atom stereocenters. The number of nitriles is 1. The van der Waals surface area contributed by atoms with Gasteiger partial charge < -0.3 is 20.9 Å². The summed E-state index contributed by atoms with van der Waals surface area (Å²) >= 11 is 0. The van der Waals surface area contributed by atoms with E-state index >= 15 is 0 Å². The van der Waals surface area contributed by atoms with Crippen LogP contribution in [0, 0.1) is 23.0 Å². The van der Waals surface area contributed by atoms with Crippen LogP contribution in [0.4, 0.5) is 14.5 Å². The SMILES string of the molecule is CCOC(=O)C1=C(C)OC(N)=C(C#N)C1c1ccc(F)c(F)c1N. The lowest BCUT2D eigenvalue weighted by Gasteiger charge is -2.27. The molecule has 2 rings (SSSR count). The van der Waals surface area contributed by atoms with Crippen molar-refractivity contribution in [2.45, 2.75) is 19.8 Å². The zero-order valence-electron chi connectivity index (χ0n) is 13.0. The number of carbonyl (C=O) groups is 1. The topological polar surface area (TPSA) is 111 Å². The fraction of sp³-hybridized carbons (Fsp3) is 0.250. The lowest BCUT2D eigenvalue weighted by Crippen LogP contribution is -2.26. The van der Waals surface area contributed by atoms with Gasteiger partial charge in [-0.05, 0) is 25.5 Å². The maximum Gasteiger partial charge on any atom is 0.338 e. The van der Waals surface area contributed by atoms with Crippen LogP contribution < -0.4 is 11.5 Å². The molecule has 0 aromatic heterocycles. The van der Waals surface area contributed by atoms with E-state index in [4.69, 9.17) is 20.9 Å². The number of halogens is 2. The molecular weight excluding hydrogens is 320 g/mol. The van der Waals surface area contributed by atoms with Crippen molar-refractivity contribution in [3.63, 3.8) is 0 Å². The average Bonchev–Trinajstić information content (AvgIpc) is 2.52. The van der Waals surface area contributed by atoms with E-state index in [1.54, 1.807) is 6.92 Å². The molecule has 1 heterocycles. The fourth-order valence-corrected chi connectivity index (χ4v) is 2.50. The van der Waals surface area contributed by atoms with Gasteiger partial charge in [-0.15, -0.1) is 0 Å². The first-order chi connectivity index (χ1) is 11.3. The van der Waals surface area contributed by atoms with Crippen molar-refractivity contribution < 1.29 is 23.0 Å². The third-order valence-electron chi connectivity index (χ3n) is 3.58. The molecule has 1 aliphatic heterocycles. The van der Waals surface area contributed by atoms with Crippen molar-refractivity contribution >= 4 is 11.7 Å². The van der Waals surface area contributed by atoms with Crippen molar-refractivity contribution in [3.05, 3.63) is 52.1 Å². The van der Waals surface area contributed by atoms with Crippen LogP contribution in [0.15, 0.2) is 34.9 Å². The van der Waals surface area contributed by atoms with Gasteiger partial charge in [-0.25, -0.2) is 13.6 Å². The number of carbonyl (C=O) groups excluding carboxylic acids is 1. The standard InChI is InChI=1S/C16H15F2N3O3/c1-3-23-16(22)11-7(2)24-15(21)9(6-19)12(11)8-4-5-10(17)13(18)14(8)20/h4-5,12H,3,20-21H2,1-2H3. The van der Waals surface area contributed by atoms with Crippen molar-refractivity contribution in [3.8, 4) is 6.07 Å². The van der Waals surface area contributed by atoms with Gasteiger partial charge in [0.2, 0.25) is 5.88 Å². The number of hydrogen-bond donors (Lipinski definition) is 2. The van der Waals surface area contributed by atoms with Crippen LogP contribution in [-0.4, -0.2) is 12.6 Å². The van der Waals surface area contributed by atoms with E-state index in [1.165, 1.54) is 13.0 Å². The van der Waals surface area contributed by atoms with Crippen molar-refractivity contribution in [1.82, 2.24) is 0 Å². The highest BCUT2D eigenvalue weighted by molar-refractivity contribution is 5.93. The van der Waals surface area contributed by atoms with E-state index in [0.29, 0.717) is 0 Å². The molecule has 1 atom stereocenters. The van der Waals surface area contributed by atoms with E-state index in [1.807, 2.05) is 6.07 Å². The summed E-state index contributed by atoms with van der Waals surface area (Å²) in [4.78, 5) is 12.3. The highest BCUT2D eigenvalue weighted by Gasteiger charge is 2.38. The van der Waals surface area contributed by atoms with Crippen molar-refractivity contribution in [1.29, 1.82) is 5.26 Å². The molecule has 1 aromatic carbocycles. The van der Waals surface area contributed by atoms with Gasteiger partial charge in [0, 0.05) is 0 Å². The molecule has 0 amide bonds. The monoisotopic (exact) mass is 335 g/mol. The molecule has 0 spiro atoms. The number of esters is 1. The van der Waals surface area contributed by atoms with Crippen LogP contribution in [0.3, 0.4) is 0 Å². The van der Waals surface area contributed by atoms with Gasteiger partial charge in [0.25, 0.3) is 0 Å². The zero-order valence-corrected chi connectivity index (χ0v) is 13.0. The smallest absolute Gasteiger partial charge is 0.338 e. The van der Waals surface area contributed by atoms with Crippen LogP contribution in [0.1, 0.15) is 25.3 Å². The van der Waals surface area contributed by atoms with Crippen molar-refractivity contribution in [2.75, 3.05) is 12.3 Å². The Morgan fingerprint density at radius 1 is 1.42 bits per heavy atom. The van der Waals surface area contributed by atoms with E-state index in [9.17, 15) is 18.8 Å². The molecule has 126 valence electrons. The third-order valence-corrected chi connectivity index (χ3v) is 3.58. The molecule has 1 aromatic rings. The van der Waals surface area contributed by atoms with Crippen LogP contribution in [0.5, 0.6) is 0 Å². The Labute approximate surface area is 136 Å². The quantitative estimate of drug-likeness (QED) is 0.647. The highest BCUT2D eigenvalue weighted by Crippen LogP contribution is 2.42. The molecule has 4 N–H and O–H groups in total. The summed E-state index contributed by atoms with van der Waals surface area (Å²) in [6.07, 6.45) is 0. The van der Waals surface area contributed by atoms with Crippen LogP contribution in [0.25, 0.3) is 0 Å². The molecule has 0 aliphatic carbocycles. The molecule has 1 aliphatic rings. The average molecular weight is 335 g/mol. The number of anilines is 1. The van der Waals surface area contributed by atoms with E-state index < -0.39 is 29.2 Å². The Balaban J connectivity index is 2.72. The van der Waals surface area contributed by atoms with Crippen LogP contribution in [0.2, 0.25) is 0 Å². The molecule has 0 bridgehead atoms. The second-order valence-corrected chi connectivity index (χ2v) is 4.98. The maximum atomic E-state index is 13.9. The van der Waals surface area contributed by atoms with Crippen LogP contribution in [-0.2, 0) is 14.3 Å². The molecule has 8 heteroatoms. The number of nitrogens with two attached hydrogens (primary N) is 2. The number of nitrogens with zero attached hydrogens (tertiary/aromatic N) is 1. The Morgan fingerprint density at radius 3 is 2.67 bits per heavy atom. The molecule has 0 saturated carbocycles. The van der Waals surface area contributed by atoms with Crippen molar-refractivity contribution in [2.24, 2.45) is 5.73 Å². The summed E-state index contributed by atoms with van der Waals surface area (Å²) in [5, 5.41) is 9.37. The summed E-state index contributed by atoms with van der Waals surface area (Å²) < 4.78 is 37.4. The predicted molar refractivity (Wildman–Crippen MR) is 80.8 cm³/mol. The Morgan fingerprint density at radius 2 is 2.08 bits per heavy atom. The minimum atomic E-state index is -1.27. The maximum absolute atomic E-state index is 13.9. The van der Waals surface area contributed by atoms with Gasteiger partial charge in [-0.1, -0.05) is 6.07 Å². The first kappa shape index (κ1) is 17.3. The number of nitrogen functional groups attached to an aromatic ring is 1. The molecule has 0 fully saturated rings. The molecular formula is C16H15F2N3O3. The fourth-order valence-electron chi connectivity index (χ4n) is 2.50. The highest BCUT2D eigenvalue weighted by atomic mass is 19.2. The summed E-state index contributed by atoms with van der Waals surface area (Å²) in [6, 6.07) is 3.88. The Kier molecular flexibility index (Phi) is 4.74. The number of hydrogen-bond acceptors (Lipinski definition) is 6. The second kappa shape index (κ2) is 6.58. The van der Waals surface area contributed by atoms with Gasteiger partial charge >= 0.3 is 5.97 Å². The number of ether oxygens (including phenoxy) is 2. The lowest BCUT2D eigenvalue weighted by atomic mass is 9.82. The predicted octanol–water partition coefficient (Wildman–Crippen LogP) is 2.19. The largest absolute Gasteiger partial charge is 0.463 e. The van der Waals surface area contributed by atoms with Crippen LogP contribution >= 0.6 is 0 Å². The number of rotatable bonds is 3. The first-order valence-electron chi connectivity index (χ1n) is 7.02. The lowest BCUT2D eigenvalue weighted by molar-refractivity contribution is -0.139. The summed E-state index contributed by atoms with van der Waals surface area (Å²) in [6.45, 7) is 3.14. The van der Waals surface area contributed by atoms with Gasteiger partial charge in [0.1, 0.15) is 17.4 Å². The number of benzene rings is 1. The summed E-state index contributed by atoms with van der Waals surface area (Å²) in [5.41, 5.74) is 10.7. The molecule has 0 saturated heterocycles. The van der Waals surface area contributed by atoms with Gasteiger partial charge in [-0.3, -0.25) is 0 Å². The Bertz CT molecular complexity index is 810. The minimum absolute atomic E-state index is 0.0269. The normalized spacial score (nSPS) is 17.4. The van der Waals surface area contributed by atoms with Gasteiger partial charge in [0.05, 0.1) is 23.8 Å². The van der Waals surface area contributed by atoms with E-state index in [2.05, 4.69) is 0 Å². The Hall–Kier alpha value is -3.08. The second-order valence-electron chi connectivity index (χ2n) is 4.98. The zero-order chi connectivity index (χ0) is 18.0. The molecule has 24 heavy (non-hydrogen) atoms.